The lowest BCUT2D eigenvalue weighted by Gasteiger charge is -2.09. The summed E-state index contributed by atoms with van der Waals surface area (Å²) in [4.78, 5) is 10.6. The first-order valence-electron chi connectivity index (χ1n) is 3.67. The molecule has 0 unspecified atom stereocenters. The van der Waals surface area contributed by atoms with Crippen molar-refractivity contribution in [3.63, 3.8) is 0 Å². The van der Waals surface area contributed by atoms with Gasteiger partial charge in [-0.15, -0.1) is 11.3 Å². The van der Waals surface area contributed by atoms with E-state index in [9.17, 15) is 13.6 Å². The Labute approximate surface area is 82.9 Å². The average molecular weight is 222 g/mol. The van der Waals surface area contributed by atoms with Crippen molar-refractivity contribution in [2.24, 2.45) is 0 Å². The van der Waals surface area contributed by atoms with Crippen LogP contribution in [0.25, 0.3) is 0 Å². The highest BCUT2D eigenvalue weighted by atomic mass is 32.1. The van der Waals surface area contributed by atoms with Crippen LogP contribution in [0.5, 0.6) is 0 Å². The van der Waals surface area contributed by atoms with Crippen LogP contribution in [-0.2, 0) is 10.7 Å². The summed E-state index contributed by atoms with van der Waals surface area (Å²) in [5.74, 6) is -3.96. The molecule has 0 spiro atoms. The molecule has 0 saturated heterocycles. The normalized spacial score (nSPS) is 11.4. The molecule has 1 heterocycles. The van der Waals surface area contributed by atoms with Crippen LogP contribution in [0.3, 0.4) is 0 Å². The number of halogens is 2. The third kappa shape index (κ3) is 2.08. The molecule has 1 aromatic heterocycles. The number of thiophene rings is 1. The monoisotopic (exact) mass is 222 g/mol. The predicted molar refractivity (Wildman–Crippen MR) is 46.6 cm³/mol. The summed E-state index contributed by atoms with van der Waals surface area (Å²) >= 11 is 0.714. The van der Waals surface area contributed by atoms with E-state index in [1.54, 1.807) is 0 Å². The van der Waals surface area contributed by atoms with Gasteiger partial charge in [-0.1, -0.05) is 0 Å². The zero-order valence-corrected chi connectivity index (χ0v) is 8.11. The Bertz CT molecular complexity index is 335. The fourth-order valence-electron chi connectivity index (χ4n) is 0.831. The molecule has 1 rings (SSSR count). The van der Waals surface area contributed by atoms with Crippen LogP contribution >= 0.6 is 11.3 Å². The molecule has 1 N–H and O–H groups in total. The fraction of sp³-hybridized carbons (Fsp3) is 0.375. The summed E-state index contributed by atoms with van der Waals surface area (Å²) in [5.41, 5.74) is 0.0700. The molecule has 14 heavy (non-hydrogen) atoms. The number of ether oxygens (including phenoxy) is 1. The van der Waals surface area contributed by atoms with Gasteiger partial charge in [0, 0.05) is 5.38 Å². The van der Waals surface area contributed by atoms with Gasteiger partial charge in [0.15, 0.2) is 0 Å². The van der Waals surface area contributed by atoms with Gasteiger partial charge in [0.2, 0.25) is 0 Å². The van der Waals surface area contributed by atoms with E-state index in [2.05, 4.69) is 4.74 Å². The number of rotatable bonds is 3. The molecule has 0 aliphatic heterocycles. The number of aliphatic hydroxyl groups excluding tert-OH is 1. The van der Waals surface area contributed by atoms with Crippen LogP contribution in [0.15, 0.2) is 11.4 Å². The Morgan fingerprint density at radius 2 is 2.36 bits per heavy atom. The molecule has 0 radical (unpaired) electrons. The molecule has 0 fully saturated rings. The largest absolute Gasteiger partial charge is 0.465 e. The molecule has 0 aliphatic rings. The third-order valence-electron chi connectivity index (χ3n) is 1.58. The molecule has 1 aromatic rings. The van der Waals surface area contributed by atoms with E-state index < -0.39 is 18.5 Å². The first kappa shape index (κ1) is 11.1. The molecule has 6 heteroatoms. The van der Waals surface area contributed by atoms with Crippen molar-refractivity contribution in [3.8, 4) is 0 Å². The summed E-state index contributed by atoms with van der Waals surface area (Å²) in [6.45, 7) is -1.27. The van der Waals surface area contributed by atoms with Crippen LogP contribution in [0, 0.1) is 0 Å². The summed E-state index contributed by atoms with van der Waals surface area (Å²) < 4.78 is 30.1. The van der Waals surface area contributed by atoms with Crippen molar-refractivity contribution in [1.29, 1.82) is 0 Å². The van der Waals surface area contributed by atoms with Gasteiger partial charge in [-0.25, -0.2) is 4.79 Å². The van der Waals surface area contributed by atoms with Crippen molar-refractivity contribution in [2.45, 2.75) is 5.92 Å². The topological polar surface area (TPSA) is 46.5 Å². The standard InChI is InChI=1S/C8H8F2O3S/c1-13-7(12)5-2-6(14-3-5)8(9,10)4-11/h2-3,11H,4H2,1H3. The molecule has 0 atom stereocenters. The van der Waals surface area contributed by atoms with Gasteiger partial charge in [-0.05, 0) is 6.07 Å². The van der Waals surface area contributed by atoms with E-state index in [1.165, 1.54) is 12.5 Å². The minimum absolute atomic E-state index is 0.0700. The van der Waals surface area contributed by atoms with Crippen molar-refractivity contribution in [3.05, 3.63) is 21.9 Å². The number of methoxy groups -OCH3 is 1. The minimum Gasteiger partial charge on any atom is -0.465 e. The highest BCUT2D eigenvalue weighted by Crippen LogP contribution is 2.32. The Balaban J connectivity index is 2.93. The maximum absolute atomic E-state index is 12.9. The predicted octanol–water partition coefficient (Wildman–Crippen LogP) is 1.62. The summed E-state index contributed by atoms with van der Waals surface area (Å²) in [6, 6.07) is 1.02. The van der Waals surface area contributed by atoms with Crippen molar-refractivity contribution < 1.29 is 23.4 Å². The summed E-state index contributed by atoms with van der Waals surface area (Å²) in [7, 11) is 1.17. The maximum Gasteiger partial charge on any atom is 0.338 e. The second kappa shape index (κ2) is 4.02. The second-order valence-electron chi connectivity index (χ2n) is 2.55. The number of aliphatic hydroxyl groups is 1. The molecular formula is C8H8F2O3S. The highest BCUT2D eigenvalue weighted by Gasteiger charge is 2.32. The zero-order chi connectivity index (χ0) is 10.8. The van der Waals surface area contributed by atoms with Gasteiger partial charge in [0.1, 0.15) is 6.61 Å². The zero-order valence-electron chi connectivity index (χ0n) is 7.29. The average Bonchev–Trinajstić information content (AvgIpc) is 2.66. The molecule has 3 nitrogen and oxygen atoms in total. The van der Waals surface area contributed by atoms with Crippen molar-refractivity contribution >= 4 is 17.3 Å². The lowest BCUT2D eigenvalue weighted by molar-refractivity contribution is -0.0524. The van der Waals surface area contributed by atoms with Crippen molar-refractivity contribution in [1.82, 2.24) is 0 Å². The van der Waals surface area contributed by atoms with E-state index >= 15 is 0 Å². The van der Waals surface area contributed by atoms with Gasteiger partial charge in [0.25, 0.3) is 0 Å². The first-order chi connectivity index (χ1) is 6.51. The smallest absolute Gasteiger partial charge is 0.338 e. The maximum atomic E-state index is 12.9. The molecular weight excluding hydrogens is 214 g/mol. The number of carbonyl (C=O) groups excluding carboxylic acids is 1. The van der Waals surface area contributed by atoms with Gasteiger partial charge >= 0.3 is 11.9 Å². The van der Waals surface area contributed by atoms with Crippen LogP contribution in [0.4, 0.5) is 8.78 Å². The van der Waals surface area contributed by atoms with E-state index in [0.717, 1.165) is 6.07 Å². The quantitative estimate of drug-likeness (QED) is 0.790. The number of hydrogen-bond donors (Lipinski definition) is 1. The van der Waals surface area contributed by atoms with Gasteiger partial charge in [-0.2, -0.15) is 8.78 Å². The first-order valence-corrected chi connectivity index (χ1v) is 4.55. The minimum atomic E-state index is -3.29. The highest BCUT2D eigenvalue weighted by molar-refractivity contribution is 7.10. The van der Waals surface area contributed by atoms with Gasteiger partial charge in [-0.3, -0.25) is 0 Å². The summed E-state index contributed by atoms with van der Waals surface area (Å²) in [5, 5.41) is 9.66. The molecule has 0 bridgehead atoms. The number of carbonyl (C=O) groups is 1. The summed E-state index contributed by atoms with van der Waals surface area (Å²) in [6.07, 6.45) is 0. The van der Waals surface area contributed by atoms with E-state index in [-0.39, 0.29) is 10.4 Å². The van der Waals surface area contributed by atoms with E-state index in [1.807, 2.05) is 0 Å². The number of alkyl halides is 2. The van der Waals surface area contributed by atoms with Crippen molar-refractivity contribution in [2.75, 3.05) is 13.7 Å². The molecule has 0 amide bonds. The Hall–Kier alpha value is -1.01. The van der Waals surface area contributed by atoms with Crippen LogP contribution in [0.1, 0.15) is 15.2 Å². The fourth-order valence-corrected chi connectivity index (χ4v) is 1.68. The van der Waals surface area contributed by atoms with Gasteiger partial charge < -0.3 is 9.84 Å². The van der Waals surface area contributed by atoms with Crippen LogP contribution in [0.2, 0.25) is 0 Å². The number of hydrogen-bond acceptors (Lipinski definition) is 4. The molecule has 0 saturated carbocycles. The molecule has 0 aliphatic carbocycles. The van der Waals surface area contributed by atoms with Crippen LogP contribution < -0.4 is 0 Å². The second-order valence-corrected chi connectivity index (χ2v) is 3.47. The SMILES string of the molecule is COC(=O)c1csc(C(F)(F)CO)c1. The Morgan fingerprint density at radius 3 is 2.86 bits per heavy atom. The third-order valence-corrected chi connectivity index (χ3v) is 2.62. The Kier molecular flexibility index (Phi) is 3.17. The molecule has 0 aromatic carbocycles. The number of esters is 1. The Morgan fingerprint density at radius 1 is 1.71 bits per heavy atom. The molecule has 78 valence electrons. The lowest BCUT2D eigenvalue weighted by atomic mass is 10.2. The van der Waals surface area contributed by atoms with E-state index in [4.69, 9.17) is 5.11 Å². The van der Waals surface area contributed by atoms with Gasteiger partial charge in [0.05, 0.1) is 17.6 Å². The lowest BCUT2D eigenvalue weighted by Crippen LogP contribution is -2.16. The van der Waals surface area contributed by atoms with Crippen LogP contribution in [-0.4, -0.2) is 24.8 Å². The van der Waals surface area contributed by atoms with E-state index in [0.29, 0.717) is 11.3 Å².